The van der Waals surface area contributed by atoms with Crippen LogP contribution in [-0.2, 0) is 5.41 Å². The quantitative estimate of drug-likeness (QED) is 0.882. The van der Waals surface area contributed by atoms with Gasteiger partial charge in [-0.1, -0.05) is 18.9 Å². The van der Waals surface area contributed by atoms with Crippen molar-refractivity contribution in [3.63, 3.8) is 0 Å². The smallest absolute Gasteiger partial charge is 0.141 e. The largest absolute Gasteiger partial charge is 0.330 e. The van der Waals surface area contributed by atoms with E-state index in [-0.39, 0.29) is 11.2 Å². The molecule has 0 atom stereocenters. The van der Waals surface area contributed by atoms with Crippen molar-refractivity contribution >= 4 is 15.9 Å². The highest BCUT2D eigenvalue weighted by molar-refractivity contribution is 9.10. The summed E-state index contributed by atoms with van der Waals surface area (Å²) in [5.74, 6) is -0.118. The zero-order valence-corrected chi connectivity index (χ0v) is 11.1. The van der Waals surface area contributed by atoms with Crippen LogP contribution in [0.4, 0.5) is 4.39 Å². The van der Waals surface area contributed by atoms with Crippen molar-refractivity contribution in [3.8, 4) is 0 Å². The van der Waals surface area contributed by atoms with Gasteiger partial charge in [0.25, 0.3) is 0 Å². The lowest BCUT2D eigenvalue weighted by Gasteiger charge is -2.30. The van der Waals surface area contributed by atoms with Crippen LogP contribution in [0.2, 0.25) is 0 Å². The minimum atomic E-state index is -0.127. The molecule has 0 amide bonds. The van der Waals surface area contributed by atoms with Gasteiger partial charge in [-0.3, -0.25) is 0 Å². The number of benzene rings is 1. The molecule has 0 aliphatic heterocycles. The molecule has 1 fully saturated rings. The molecule has 1 nitrogen and oxygen atoms in total. The third-order valence-electron chi connectivity index (χ3n) is 3.78. The zero-order chi connectivity index (χ0) is 11.8. The Morgan fingerprint density at radius 2 is 2.00 bits per heavy atom. The molecule has 1 saturated carbocycles. The summed E-state index contributed by atoms with van der Waals surface area (Å²) in [5, 5.41) is 0. The Morgan fingerprint density at radius 1 is 1.38 bits per heavy atom. The molecule has 1 aliphatic rings. The van der Waals surface area contributed by atoms with Gasteiger partial charge >= 0.3 is 0 Å². The Balaban J connectivity index is 2.57. The van der Waals surface area contributed by atoms with Gasteiger partial charge in [0, 0.05) is 12.0 Å². The predicted octanol–water partition coefficient (Wildman–Crippen LogP) is 3.67. The molecule has 1 aromatic rings. The SMILES string of the molecule is Cc1ccc(Br)c(F)c1C1(CN)CCCC1. The fourth-order valence-electron chi connectivity index (χ4n) is 2.91. The molecule has 0 heterocycles. The summed E-state index contributed by atoms with van der Waals surface area (Å²) in [4.78, 5) is 0. The Morgan fingerprint density at radius 3 is 2.56 bits per heavy atom. The number of nitrogens with two attached hydrogens (primary N) is 1. The average molecular weight is 286 g/mol. The molecular weight excluding hydrogens is 269 g/mol. The van der Waals surface area contributed by atoms with E-state index in [0.29, 0.717) is 11.0 Å². The van der Waals surface area contributed by atoms with E-state index in [2.05, 4.69) is 15.9 Å². The molecule has 88 valence electrons. The van der Waals surface area contributed by atoms with Crippen LogP contribution in [0.5, 0.6) is 0 Å². The van der Waals surface area contributed by atoms with E-state index in [9.17, 15) is 4.39 Å². The summed E-state index contributed by atoms with van der Waals surface area (Å²) in [7, 11) is 0. The van der Waals surface area contributed by atoms with E-state index < -0.39 is 0 Å². The standard InChI is InChI=1S/C13H17BrFN/c1-9-4-5-10(14)12(15)11(9)13(8-16)6-2-3-7-13/h4-5H,2-3,6-8,16H2,1H3. The molecule has 2 N–H and O–H groups in total. The normalized spacial score (nSPS) is 19.0. The van der Waals surface area contributed by atoms with E-state index in [1.165, 1.54) is 0 Å². The Hall–Kier alpha value is -0.410. The maximum absolute atomic E-state index is 14.2. The summed E-state index contributed by atoms with van der Waals surface area (Å²) in [6, 6.07) is 3.74. The van der Waals surface area contributed by atoms with Crippen molar-refractivity contribution in [3.05, 3.63) is 33.5 Å². The third-order valence-corrected chi connectivity index (χ3v) is 4.40. The first-order valence-corrected chi connectivity index (χ1v) is 6.55. The lowest BCUT2D eigenvalue weighted by atomic mass is 9.76. The Labute approximate surface area is 104 Å². The molecule has 1 aromatic carbocycles. The second kappa shape index (κ2) is 4.46. The summed E-state index contributed by atoms with van der Waals surface area (Å²) in [5.41, 5.74) is 7.64. The fourth-order valence-corrected chi connectivity index (χ4v) is 3.24. The molecule has 0 aromatic heterocycles. The van der Waals surface area contributed by atoms with Gasteiger partial charge in [0.2, 0.25) is 0 Å². The minimum Gasteiger partial charge on any atom is -0.330 e. The molecule has 0 radical (unpaired) electrons. The minimum absolute atomic E-state index is 0.118. The van der Waals surface area contributed by atoms with E-state index >= 15 is 0 Å². The molecule has 1 aliphatic carbocycles. The van der Waals surface area contributed by atoms with E-state index in [4.69, 9.17) is 5.73 Å². The fraction of sp³-hybridized carbons (Fsp3) is 0.538. The van der Waals surface area contributed by atoms with E-state index in [1.807, 2.05) is 13.0 Å². The van der Waals surface area contributed by atoms with Crippen LogP contribution < -0.4 is 5.73 Å². The monoisotopic (exact) mass is 285 g/mol. The van der Waals surface area contributed by atoms with Crippen molar-refractivity contribution < 1.29 is 4.39 Å². The van der Waals surface area contributed by atoms with Gasteiger partial charge in [0.15, 0.2) is 0 Å². The zero-order valence-electron chi connectivity index (χ0n) is 9.52. The van der Waals surface area contributed by atoms with Gasteiger partial charge in [-0.05, 0) is 52.9 Å². The van der Waals surface area contributed by atoms with Gasteiger partial charge in [-0.2, -0.15) is 0 Å². The maximum atomic E-state index is 14.2. The van der Waals surface area contributed by atoms with Gasteiger partial charge < -0.3 is 5.73 Å². The maximum Gasteiger partial charge on any atom is 0.141 e. The number of halogens is 2. The highest BCUT2D eigenvalue weighted by Crippen LogP contribution is 2.43. The summed E-state index contributed by atoms with van der Waals surface area (Å²) >= 11 is 3.26. The molecule has 0 unspecified atom stereocenters. The van der Waals surface area contributed by atoms with Crippen LogP contribution >= 0.6 is 15.9 Å². The van der Waals surface area contributed by atoms with Crippen LogP contribution in [0, 0.1) is 12.7 Å². The number of hydrogen-bond donors (Lipinski definition) is 1. The van der Waals surface area contributed by atoms with Crippen molar-refractivity contribution in [1.29, 1.82) is 0 Å². The van der Waals surface area contributed by atoms with Crippen molar-refractivity contribution in [2.75, 3.05) is 6.54 Å². The highest BCUT2D eigenvalue weighted by Gasteiger charge is 2.37. The number of aryl methyl sites for hydroxylation is 1. The Bertz CT molecular complexity index is 397. The van der Waals surface area contributed by atoms with Gasteiger partial charge in [0.1, 0.15) is 5.82 Å². The second-order valence-corrected chi connectivity index (χ2v) is 5.60. The molecule has 3 heteroatoms. The van der Waals surface area contributed by atoms with Crippen LogP contribution in [0.25, 0.3) is 0 Å². The first kappa shape index (κ1) is 12.1. The molecular formula is C13H17BrFN. The lowest BCUT2D eigenvalue weighted by molar-refractivity contribution is 0.423. The highest BCUT2D eigenvalue weighted by atomic mass is 79.9. The molecule has 0 bridgehead atoms. The van der Waals surface area contributed by atoms with Crippen LogP contribution in [0.3, 0.4) is 0 Å². The van der Waals surface area contributed by atoms with E-state index in [1.54, 1.807) is 6.07 Å². The summed E-state index contributed by atoms with van der Waals surface area (Å²) in [6.45, 7) is 2.52. The molecule has 0 spiro atoms. The summed E-state index contributed by atoms with van der Waals surface area (Å²) in [6.07, 6.45) is 4.33. The van der Waals surface area contributed by atoms with Crippen LogP contribution in [0.1, 0.15) is 36.8 Å². The van der Waals surface area contributed by atoms with Gasteiger partial charge in [-0.15, -0.1) is 0 Å². The van der Waals surface area contributed by atoms with Gasteiger partial charge in [0.05, 0.1) is 4.47 Å². The topological polar surface area (TPSA) is 26.0 Å². The van der Waals surface area contributed by atoms with Crippen LogP contribution in [0.15, 0.2) is 16.6 Å². The first-order valence-electron chi connectivity index (χ1n) is 5.76. The van der Waals surface area contributed by atoms with E-state index in [0.717, 1.165) is 36.8 Å². The van der Waals surface area contributed by atoms with Crippen molar-refractivity contribution in [2.24, 2.45) is 5.73 Å². The second-order valence-electron chi connectivity index (χ2n) is 4.74. The molecule has 16 heavy (non-hydrogen) atoms. The lowest BCUT2D eigenvalue weighted by Crippen LogP contribution is -2.34. The van der Waals surface area contributed by atoms with Crippen LogP contribution in [-0.4, -0.2) is 6.54 Å². The Kier molecular flexibility index (Phi) is 3.36. The number of hydrogen-bond acceptors (Lipinski definition) is 1. The first-order chi connectivity index (χ1) is 7.60. The molecule has 2 rings (SSSR count). The summed E-state index contributed by atoms with van der Waals surface area (Å²) < 4.78 is 14.8. The predicted molar refractivity (Wildman–Crippen MR) is 68.0 cm³/mol. The number of rotatable bonds is 2. The third kappa shape index (κ3) is 1.80. The molecule has 0 saturated heterocycles. The van der Waals surface area contributed by atoms with Gasteiger partial charge in [-0.25, -0.2) is 4.39 Å². The van der Waals surface area contributed by atoms with Crippen molar-refractivity contribution in [1.82, 2.24) is 0 Å². The van der Waals surface area contributed by atoms with Crippen molar-refractivity contribution in [2.45, 2.75) is 38.0 Å². The average Bonchev–Trinajstić information content (AvgIpc) is 2.74.